The first-order chi connectivity index (χ1) is 7.22. The summed E-state index contributed by atoms with van der Waals surface area (Å²) in [5.41, 5.74) is 3.73. The van der Waals surface area contributed by atoms with E-state index in [0.717, 1.165) is 21.5 Å². The van der Waals surface area contributed by atoms with Gasteiger partial charge in [-0.05, 0) is 28.1 Å². The maximum absolute atomic E-state index is 5.24. The summed E-state index contributed by atoms with van der Waals surface area (Å²) in [6.07, 6.45) is 0. The number of hydrogen-bond donors (Lipinski definition) is 1. The highest BCUT2D eigenvalue weighted by Crippen LogP contribution is 2.32. The second-order valence-corrected chi connectivity index (χ2v) is 3.68. The predicted octanol–water partition coefficient (Wildman–Crippen LogP) is 2.12. The van der Waals surface area contributed by atoms with Crippen molar-refractivity contribution in [2.24, 2.45) is 0 Å². The molecule has 84 valence electrons. The van der Waals surface area contributed by atoms with Crippen LogP contribution in [-0.4, -0.2) is 21.3 Å². The SMILES string of the molecule is CONCc1cc(OC)c(Br)cc1OC. The van der Waals surface area contributed by atoms with Crippen LogP contribution in [0.15, 0.2) is 16.6 Å². The van der Waals surface area contributed by atoms with Crippen LogP contribution in [0.5, 0.6) is 11.5 Å². The summed E-state index contributed by atoms with van der Waals surface area (Å²) >= 11 is 3.39. The summed E-state index contributed by atoms with van der Waals surface area (Å²) in [6.45, 7) is 0.559. The lowest BCUT2D eigenvalue weighted by Crippen LogP contribution is -2.11. The number of ether oxygens (including phenoxy) is 2. The highest BCUT2D eigenvalue weighted by molar-refractivity contribution is 9.10. The molecule has 0 aliphatic heterocycles. The van der Waals surface area contributed by atoms with Crippen LogP contribution >= 0.6 is 15.9 Å². The maximum atomic E-state index is 5.24. The van der Waals surface area contributed by atoms with E-state index in [9.17, 15) is 0 Å². The first-order valence-corrected chi connectivity index (χ1v) is 5.18. The Balaban J connectivity index is 2.99. The van der Waals surface area contributed by atoms with Crippen LogP contribution in [0.1, 0.15) is 5.56 Å². The van der Waals surface area contributed by atoms with Gasteiger partial charge in [-0.25, -0.2) is 0 Å². The van der Waals surface area contributed by atoms with Gasteiger partial charge in [0.15, 0.2) is 0 Å². The van der Waals surface area contributed by atoms with Gasteiger partial charge < -0.3 is 14.3 Å². The Kier molecular flexibility index (Phi) is 4.87. The van der Waals surface area contributed by atoms with E-state index in [2.05, 4.69) is 21.4 Å². The van der Waals surface area contributed by atoms with Gasteiger partial charge in [0.05, 0.1) is 25.8 Å². The highest BCUT2D eigenvalue weighted by atomic mass is 79.9. The van der Waals surface area contributed by atoms with Gasteiger partial charge in [0.1, 0.15) is 11.5 Å². The van der Waals surface area contributed by atoms with Crippen molar-refractivity contribution in [2.75, 3.05) is 21.3 Å². The van der Waals surface area contributed by atoms with E-state index in [-0.39, 0.29) is 0 Å². The molecule has 1 aromatic carbocycles. The van der Waals surface area contributed by atoms with Crippen molar-refractivity contribution in [3.63, 3.8) is 0 Å². The summed E-state index contributed by atoms with van der Waals surface area (Å²) in [5, 5.41) is 0. The van der Waals surface area contributed by atoms with Crippen LogP contribution in [0.3, 0.4) is 0 Å². The molecule has 1 N–H and O–H groups in total. The number of methoxy groups -OCH3 is 2. The number of halogens is 1. The fourth-order valence-electron chi connectivity index (χ4n) is 1.21. The van der Waals surface area contributed by atoms with Crippen LogP contribution in [-0.2, 0) is 11.4 Å². The molecule has 0 heterocycles. The summed E-state index contributed by atoms with van der Waals surface area (Å²) in [6, 6.07) is 3.76. The summed E-state index contributed by atoms with van der Waals surface area (Å²) in [5.74, 6) is 1.55. The number of rotatable bonds is 5. The number of hydroxylamine groups is 1. The highest BCUT2D eigenvalue weighted by Gasteiger charge is 2.08. The quantitative estimate of drug-likeness (QED) is 0.836. The maximum Gasteiger partial charge on any atom is 0.133 e. The van der Waals surface area contributed by atoms with Crippen molar-refractivity contribution in [1.82, 2.24) is 5.48 Å². The lowest BCUT2D eigenvalue weighted by Gasteiger charge is -2.12. The van der Waals surface area contributed by atoms with Crippen molar-refractivity contribution in [1.29, 1.82) is 0 Å². The Labute approximate surface area is 97.6 Å². The zero-order valence-corrected chi connectivity index (χ0v) is 10.6. The van der Waals surface area contributed by atoms with E-state index in [1.807, 2.05) is 12.1 Å². The monoisotopic (exact) mass is 275 g/mol. The Morgan fingerprint density at radius 2 is 1.80 bits per heavy atom. The third kappa shape index (κ3) is 3.09. The summed E-state index contributed by atoms with van der Waals surface area (Å²) in [7, 11) is 4.83. The van der Waals surface area contributed by atoms with Crippen molar-refractivity contribution in [3.05, 3.63) is 22.2 Å². The minimum absolute atomic E-state index is 0.559. The molecule has 0 bridgehead atoms. The minimum Gasteiger partial charge on any atom is -0.496 e. The lowest BCUT2D eigenvalue weighted by atomic mass is 10.2. The largest absolute Gasteiger partial charge is 0.496 e. The van der Waals surface area contributed by atoms with Crippen molar-refractivity contribution >= 4 is 15.9 Å². The molecule has 0 amide bonds. The van der Waals surface area contributed by atoms with Crippen molar-refractivity contribution in [2.45, 2.75) is 6.54 Å². The van der Waals surface area contributed by atoms with Gasteiger partial charge in [-0.15, -0.1) is 0 Å². The van der Waals surface area contributed by atoms with Crippen molar-refractivity contribution in [3.8, 4) is 11.5 Å². The standard InChI is InChI=1S/C10H14BrNO3/c1-13-9-5-8(11)10(14-2)4-7(9)6-12-15-3/h4-5,12H,6H2,1-3H3. The lowest BCUT2D eigenvalue weighted by molar-refractivity contribution is 0.0861. The molecular weight excluding hydrogens is 262 g/mol. The average Bonchev–Trinajstić information content (AvgIpc) is 2.26. The van der Waals surface area contributed by atoms with E-state index >= 15 is 0 Å². The molecule has 0 saturated heterocycles. The van der Waals surface area contributed by atoms with Gasteiger partial charge in [0.2, 0.25) is 0 Å². The molecule has 4 nitrogen and oxygen atoms in total. The van der Waals surface area contributed by atoms with Crippen molar-refractivity contribution < 1.29 is 14.3 Å². The topological polar surface area (TPSA) is 39.7 Å². The molecule has 0 saturated carbocycles. The normalized spacial score (nSPS) is 10.1. The van der Waals surface area contributed by atoms with Crippen LogP contribution in [0.4, 0.5) is 0 Å². The van der Waals surface area contributed by atoms with E-state index in [1.165, 1.54) is 0 Å². The molecule has 15 heavy (non-hydrogen) atoms. The molecule has 0 atom stereocenters. The van der Waals surface area contributed by atoms with Crippen LogP contribution in [0.25, 0.3) is 0 Å². The molecule has 0 unspecified atom stereocenters. The molecule has 0 aromatic heterocycles. The van der Waals surface area contributed by atoms with Crippen LogP contribution in [0, 0.1) is 0 Å². The molecule has 1 rings (SSSR count). The van der Waals surface area contributed by atoms with E-state index < -0.39 is 0 Å². The van der Waals surface area contributed by atoms with Gasteiger partial charge in [0.25, 0.3) is 0 Å². The zero-order valence-electron chi connectivity index (χ0n) is 8.96. The molecule has 0 aliphatic carbocycles. The predicted molar refractivity (Wildman–Crippen MR) is 61.1 cm³/mol. The average molecular weight is 276 g/mol. The number of hydrogen-bond acceptors (Lipinski definition) is 4. The Morgan fingerprint density at radius 1 is 1.13 bits per heavy atom. The van der Waals surface area contributed by atoms with E-state index in [1.54, 1.807) is 21.3 Å². The molecule has 0 aliphatic rings. The molecule has 1 aromatic rings. The third-order valence-electron chi connectivity index (χ3n) is 1.96. The molecule has 0 fully saturated rings. The van der Waals surface area contributed by atoms with Gasteiger partial charge in [-0.2, -0.15) is 5.48 Å². The third-order valence-corrected chi connectivity index (χ3v) is 2.58. The smallest absolute Gasteiger partial charge is 0.133 e. The van der Waals surface area contributed by atoms with E-state index in [4.69, 9.17) is 14.3 Å². The zero-order chi connectivity index (χ0) is 11.3. The number of nitrogens with one attached hydrogen (secondary N) is 1. The summed E-state index contributed by atoms with van der Waals surface area (Å²) < 4.78 is 11.3. The van der Waals surface area contributed by atoms with Gasteiger partial charge >= 0.3 is 0 Å². The van der Waals surface area contributed by atoms with Gasteiger partial charge in [-0.1, -0.05) is 0 Å². The number of benzene rings is 1. The molecule has 0 radical (unpaired) electrons. The second kappa shape index (κ2) is 5.95. The van der Waals surface area contributed by atoms with Crippen LogP contribution < -0.4 is 15.0 Å². The van der Waals surface area contributed by atoms with Crippen LogP contribution in [0.2, 0.25) is 0 Å². The first-order valence-electron chi connectivity index (χ1n) is 4.39. The minimum atomic E-state index is 0.559. The second-order valence-electron chi connectivity index (χ2n) is 2.82. The first kappa shape index (κ1) is 12.3. The Hall–Kier alpha value is -0.780. The molecular formula is C10H14BrNO3. The van der Waals surface area contributed by atoms with Gasteiger partial charge in [-0.3, -0.25) is 0 Å². The Morgan fingerprint density at radius 3 is 2.33 bits per heavy atom. The van der Waals surface area contributed by atoms with Gasteiger partial charge in [0, 0.05) is 12.1 Å². The van der Waals surface area contributed by atoms with E-state index in [0.29, 0.717) is 6.54 Å². The Bertz CT molecular complexity index is 331. The summed E-state index contributed by atoms with van der Waals surface area (Å²) in [4.78, 5) is 4.79. The molecule has 5 heteroatoms. The molecule has 0 spiro atoms. The fourth-order valence-corrected chi connectivity index (χ4v) is 1.70. The fraction of sp³-hybridized carbons (Fsp3) is 0.400.